The van der Waals surface area contributed by atoms with Gasteiger partial charge in [-0.2, -0.15) is 0 Å². The van der Waals surface area contributed by atoms with Crippen molar-refractivity contribution in [1.82, 2.24) is 0 Å². The first-order chi connectivity index (χ1) is 12.5. The Kier molecular flexibility index (Phi) is 7.50. The maximum Gasteiger partial charge on any atom is 0.178 e. The lowest BCUT2D eigenvalue weighted by Crippen LogP contribution is -2.37. The van der Waals surface area contributed by atoms with E-state index in [1.54, 1.807) is 13.2 Å². The number of ether oxygens (including phenoxy) is 1. The summed E-state index contributed by atoms with van der Waals surface area (Å²) >= 11 is 0. The first kappa shape index (κ1) is 20.3. The minimum Gasteiger partial charge on any atom is -0.380 e. The summed E-state index contributed by atoms with van der Waals surface area (Å²) in [6.45, 7) is 8.72. The van der Waals surface area contributed by atoms with Crippen LogP contribution in [0.1, 0.15) is 40.5 Å². The highest BCUT2D eigenvalue weighted by molar-refractivity contribution is 6.00. The van der Waals surface area contributed by atoms with Gasteiger partial charge >= 0.3 is 0 Å². The van der Waals surface area contributed by atoms with Crippen LogP contribution in [0.2, 0.25) is 0 Å². The minimum absolute atomic E-state index is 0.0370. The van der Waals surface area contributed by atoms with Crippen LogP contribution in [0.15, 0.2) is 36.0 Å². The number of carbonyl (C=O) groups excluding carboxylic acids is 1. The molecule has 0 N–H and O–H groups in total. The molecule has 2 heteroatoms. The maximum atomic E-state index is 12.1. The van der Waals surface area contributed by atoms with Crippen molar-refractivity contribution >= 4 is 5.78 Å². The van der Waals surface area contributed by atoms with Crippen LogP contribution in [-0.4, -0.2) is 19.0 Å². The third kappa shape index (κ3) is 4.78. The summed E-state index contributed by atoms with van der Waals surface area (Å²) in [7, 11) is 1.77. The van der Waals surface area contributed by atoms with Gasteiger partial charge in [-0.3, -0.25) is 4.79 Å². The summed E-state index contributed by atoms with van der Waals surface area (Å²) in [5.41, 5.74) is 1.17. The molecule has 0 aromatic heterocycles. The Morgan fingerprint density at radius 1 is 1.15 bits per heavy atom. The predicted molar refractivity (Wildman–Crippen MR) is 107 cm³/mol. The Hall–Kier alpha value is -2.03. The summed E-state index contributed by atoms with van der Waals surface area (Å²) in [5, 5.41) is 0. The van der Waals surface area contributed by atoms with Crippen LogP contribution < -0.4 is 0 Å². The van der Waals surface area contributed by atoms with E-state index in [1.807, 2.05) is 24.3 Å². The van der Waals surface area contributed by atoms with Crippen molar-refractivity contribution in [3.05, 3.63) is 36.0 Å². The zero-order valence-electron chi connectivity index (χ0n) is 16.6. The van der Waals surface area contributed by atoms with Crippen molar-refractivity contribution in [2.45, 2.75) is 46.6 Å². The highest BCUT2D eigenvalue weighted by atomic mass is 16.5. The van der Waals surface area contributed by atoms with Gasteiger partial charge < -0.3 is 4.74 Å². The molecule has 0 fully saturated rings. The van der Waals surface area contributed by atoms with E-state index in [2.05, 4.69) is 51.4 Å². The van der Waals surface area contributed by atoms with Gasteiger partial charge in [0, 0.05) is 18.9 Å². The molecule has 0 spiro atoms. The molecule has 0 aliphatic heterocycles. The largest absolute Gasteiger partial charge is 0.380 e. The summed E-state index contributed by atoms with van der Waals surface area (Å²) in [6.07, 6.45) is 11.2. The van der Waals surface area contributed by atoms with Crippen LogP contribution in [-0.2, 0) is 9.53 Å². The van der Waals surface area contributed by atoms with Gasteiger partial charge in [0.05, 0.1) is 12.0 Å². The molecule has 0 amide bonds. The van der Waals surface area contributed by atoms with Crippen LogP contribution in [0.25, 0.3) is 0 Å². The van der Waals surface area contributed by atoms with Crippen molar-refractivity contribution in [1.29, 1.82) is 0 Å². The number of hydrogen-bond acceptors (Lipinski definition) is 2. The molecule has 0 heterocycles. The second-order valence-corrected chi connectivity index (χ2v) is 7.37. The van der Waals surface area contributed by atoms with Gasteiger partial charge in [0.1, 0.15) is 0 Å². The van der Waals surface area contributed by atoms with Gasteiger partial charge in [-0.05, 0) is 42.6 Å². The first-order valence-electron chi connectivity index (χ1n) is 9.63. The number of allylic oxidation sites excluding steroid dienone is 6. The van der Waals surface area contributed by atoms with Crippen LogP contribution in [0.3, 0.4) is 0 Å². The average Bonchev–Trinajstić information content (AvgIpc) is 2.63. The van der Waals surface area contributed by atoms with E-state index >= 15 is 0 Å². The molecule has 0 aromatic carbocycles. The number of ketones is 1. The number of methoxy groups -OCH3 is 1. The Labute approximate surface area is 158 Å². The van der Waals surface area contributed by atoms with E-state index in [4.69, 9.17) is 4.74 Å². The van der Waals surface area contributed by atoms with E-state index in [0.717, 1.165) is 12.8 Å². The van der Waals surface area contributed by atoms with Gasteiger partial charge in [0.15, 0.2) is 5.78 Å². The van der Waals surface area contributed by atoms with Gasteiger partial charge in [-0.25, -0.2) is 0 Å². The van der Waals surface area contributed by atoms with Crippen molar-refractivity contribution in [2.75, 3.05) is 7.11 Å². The van der Waals surface area contributed by atoms with E-state index in [-0.39, 0.29) is 41.5 Å². The van der Waals surface area contributed by atoms with Crippen molar-refractivity contribution in [3.63, 3.8) is 0 Å². The summed E-state index contributed by atoms with van der Waals surface area (Å²) in [5.74, 6) is 14.0. The topological polar surface area (TPSA) is 26.3 Å². The van der Waals surface area contributed by atoms with E-state index < -0.39 is 0 Å². The third-order valence-electron chi connectivity index (χ3n) is 5.60. The van der Waals surface area contributed by atoms with Crippen LogP contribution in [0.5, 0.6) is 0 Å². The molecule has 0 bridgehead atoms. The normalized spacial score (nSPS) is 33.2. The van der Waals surface area contributed by atoms with Gasteiger partial charge in [-0.1, -0.05) is 69.4 Å². The Bertz CT molecular complexity index is 717. The van der Waals surface area contributed by atoms with Crippen molar-refractivity contribution < 1.29 is 9.53 Å². The molecule has 2 aliphatic carbocycles. The van der Waals surface area contributed by atoms with E-state index in [1.165, 1.54) is 5.57 Å². The Morgan fingerprint density at radius 3 is 2.50 bits per heavy atom. The molecule has 2 aliphatic rings. The Morgan fingerprint density at radius 2 is 1.85 bits per heavy atom. The number of hydrogen-bond donors (Lipinski definition) is 0. The number of carbonyl (C=O) groups is 1. The van der Waals surface area contributed by atoms with Gasteiger partial charge in [0.25, 0.3) is 0 Å². The predicted octanol–water partition coefficient (Wildman–Crippen LogP) is 4.58. The molecule has 0 aromatic rings. The fourth-order valence-corrected chi connectivity index (χ4v) is 3.92. The summed E-state index contributed by atoms with van der Waals surface area (Å²) < 4.78 is 5.87. The smallest absolute Gasteiger partial charge is 0.178 e. The SMILES string of the molecule is CCCC(OC)C1C#C/C=C\C#CC(C)C(C)C1C1=CC(=O)C=CC1C. The highest BCUT2D eigenvalue weighted by Crippen LogP contribution is 2.41. The maximum absolute atomic E-state index is 12.1. The monoisotopic (exact) mass is 350 g/mol. The number of rotatable bonds is 5. The molecule has 2 nitrogen and oxygen atoms in total. The standard InChI is InChI=1S/C24H30O2/c1-6-11-23(26-5)21-13-10-8-7-9-12-17(2)19(4)24(21)22-16-20(25)15-14-18(22)3/h7-8,14-19,21,23-24H,6,11H2,1-5H3/b8-7-. The van der Waals surface area contributed by atoms with E-state index in [9.17, 15) is 4.79 Å². The van der Waals surface area contributed by atoms with Gasteiger partial charge in [-0.15, -0.1) is 0 Å². The summed E-state index contributed by atoms with van der Waals surface area (Å²) in [4.78, 5) is 12.1. The molecular formula is C24H30O2. The lowest BCUT2D eigenvalue weighted by atomic mass is 9.66. The van der Waals surface area contributed by atoms with Crippen molar-refractivity contribution in [3.8, 4) is 23.7 Å². The van der Waals surface area contributed by atoms with Crippen LogP contribution in [0, 0.1) is 53.3 Å². The fraction of sp³-hybridized carbons (Fsp3) is 0.542. The molecule has 2 rings (SSSR count). The highest BCUT2D eigenvalue weighted by Gasteiger charge is 2.38. The van der Waals surface area contributed by atoms with Crippen molar-refractivity contribution in [2.24, 2.45) is 29.6 Å². The van der Waals surface area contributed by atoms with E-state index in [0.29, 0.717) is 0 Å². The molecule has 0 saturated carbocycles. The fourth-order valence-electron chi connectivity index (χ4n) is 3.92. The molecule has 26 heavy (non-hydrogen) atoms. The molecule has 6 atom stereocenters. The van der Waals surface area contributed by atoms with Crippen LogP contribution in [0.4, 0.5) is 0 Å². The quantitative estimate of drug-likeness (QED) is 0.678. The lowest BCUT2D eigenvalue weighted by Gasteiger charge is -2.38. The molecule has 138 valence electrons. The Balaban J connectivity index is 2.57. The minimum atomic E-state index is 0.0370. The molecule has 0 saturated heterocycles. The summed E-state index contributed by atoms with van der Waals surface area (Å²) in [6, 6.07) is 0. The van der Waals surface area contributed by atoms with Crippen LogP contribution >= 0.6 is 0 Å². The second kappa shape index (κ2) is 9.61. The zero-order valence-corrected chi connectivity index (χ0v) is 16.6. The lowest BCUT2D eigenvalue weighted by molar-refractivity contribution is -0.110. The third-order valence-corrected chi connectivity index (χ3v) is 5.60. The average molecular weight is 351 g/mol. The van der Waals surface area contributed by atoms with Gasteiger partial charge in [0.2, 0.25) is 0 Å². The molecule has 6 unspecified atom stereocenters. The molecule has 0 radical (unpaired) electrons. The second-order valence-electron chi connectivity index (χ2n) is 7.37. The zero-order chi connectivity index (χ0) is 19.1. The first-order valence-corrected chi connectivity index (χ1v) is 9.63. The molecular weight excluding hydrogens is 320 g/mol.